The molecule has 1 fully saturated rings. The molecule has 1 radical (unpaired) electrons. The van der Waals surface area contributed by atoms with Crippen LogP contribution in [0.3, 0.4) is 0 Å². The maximum absolute atomic E-state index is 12.1. The molecule has 0 amide bonds. The van der Waals surface area contributed by atoms with Crippen LogP contribution >= 0.6 is 0 Å². The normalized spacial score (nSPS) is 14.7. The summed E-state index contributed by atoms with van der Waals surface area (Å²) in [6.07, 6.45) is 8.79. The number of aryl methyl sites for hydroxylation is 2. The SMILES string of the molecule is CC(C)C(C)(C)C(=O)/C=C(\O)C(C)(C)C(C)C.Cc1[c-]c(-c2nccc3cc(C4CCCC4)ccc23)cc(C)c1.[Ir]. The number of carbonyl (C=O) groups is 1. The van der Waals surface area contributed by atoms with Crippen LogP contribution in [0.4, 0.5) is 0 Å². The smallest absolute Gasteiger partial charge is 0.164 e. The van der Waals surface area contributed by atoms with Crippen molar-refractivity contribution in [2.24, 2.45) is 22.7 Å². The average molecular weight is 733 g/mol. The molecule has 2 aromatic carbocycles. The number of benzene rings is 2. The fourth-order valence-electron chi connectivity index (χ4n) is 5.02. The maximum Gasteiger partial charge on any atom is 0.164 e. The molecule has 1 aromatic heterocycles. The molecule has 1 aliphatic carbocycles. The first kappa shape index (κ1) is 34.9. The van der Waals surface area contributed by atoms with Crippen LogP contribution in [0.2, 0.25) is 0 Å². The number of pyridine rings is 1. The number of aromatic nitrogens is 1. The summed E-state index contributed by atoms with van der Waals surface area (Å²) >= 11 is 0. The molecule has 0 aliphatic heterocycles. The predicted octanol–water partition coefficient (Wildman–Crippen LogP) is 10.3. The first-order valence-electron chi connectivity index (χ1n) is 15.0. The van der Waals surface area contributed by atoms with Crippen LogP contribution in [-0.4, -0.2) is 15.9 Å². The summed E-state index contributed by atoms with van der Waals surface area (Å²) in [5.74, 6) is 1.48. The van der Waals surface area contributed by atoms with Crippen molar-refractivity contribution in [2.45, 2.75) is 101 Å². The van der Waals surface area contributed by atoms with Crippen LogP contribution in [0.25, 0.3) is 22.0 Å². The van der Waals surface area contributed by atoms with E-state index in [1.165, 1.54) is 59.2 Å². The summed E-state index contributed by atoms with van der Waals surface area (Å²) in [5, 5.41) is 12.6. The molecular weight excluding hydrogens is 683 g/mol. The molecule has 3 nitrogen and oxygen atoms in total. The summed E-state index contributed by atoms with van der Waals surface area (Å²) < 4.78 is 0. The molecule has 0 bridgehead atoms. The van der Waals surface area contributed by atoms with Gasteiger partial charge in [0.15, 0.2) is 5.78 Å². The van der Waals surface area contributed by atoms with Crippen molar-refractivity contribution < 1.29 is 30.0 Å². The van der Waals surface area contributed by atoms with Crippen LogP contribution in [0.5, 0.6) is 0 Å². The third-order valence-corrected chi connectivity index (χ3v) is 9.47. The third kappa shape index (κ3) is 8.39. The fraction of sp³-hybridized carbons (Fsp3) is 0.514. The molecule has 4 rings (SSSR count). The second-order valence-electron chi connectivity index (χ2n) is 13.5. The maximum atomic E-state index is 12.1. The van der Waals surface area contributed by atoms with E-state index in [1.807, 2.05) is 61.6 Å². The zero-order valence-corrected chi connectivity index (χ0v) is 29.2. The van der Waals surface area contributed by atoms with Gasteiger partial charge in [-0.05, 0) is 58.7 Å². The first-order valence-corrected chi connectivity index (χ1v) is 15.0. The van der Waals surface area contributed by atoms with Crippen LogP contribution < -0.4 is 0 Å². The van der Waals surface area contributed by atoms with Gasteiger partial charge in [-0.1, -0.05) is 100 Å². The van der Waals surface area contributed by atoms with Crippen LogP contribution in [0.15, 0.2) is 54.4 Å². The second-order valence-corrected chi connectivity index (χ2v) is 13.5. The Morgan fingerprint density at radius 1 is 0.951 bits per heavy atom. The molecule has 4 heteroatoms. The van der Waals surface area contributed by atoms with Crippen molar-refractivity contribution in [3.63, 3.8) is 0 Å². The minimum absolute atomic E-state index is 0. The van der Waals surface area contributed by atoms with Gasteiger partial charge in [-0.2, -0.15) is 0 Å². The van der Waals surface area contributed by atoms with Crippen LogP contribution in [-0.2, 0) is 24.9 Å². The Labute approximate surface area is 262 Å². The number of fused-ring (bicyclic) bond motifs is 1. The number of hydrogen-bond donors (Lipinski definition) is 1. The van der Waals surface area contributed by atoms with Gasteiger partial charge in [-0.15, -0.1) is 34.9 Å². The van der Waals surface area contributed by atoms with Gasteiger partial charge < -0.3 is 10.1 Å². The topological polar surface area (TPSA) is 50.2 Å². The Bertz CT molecular complexity index is 1340. The van der Waals surface area contributed by atoms with Crippen LogP contribution in [0.1, 0.15) is 104 Å². The number of allylic oxidation sites excluding steroid dienone is 2. The van der Waals surface area contributed by atoms with Crippen LogP contribution in [0, 0.1) is 42.6 Å². The van der Waals surface area contributed by atoms with Gasteiger partial charge in [0.25, 0.3) is 0 Å². The average Bonchev–Trinajstić information content (AvgIpc) is 3.42. The minimum Gasteiger partial charge on any atom is -0.512 e. The quantitative estimate of drug-likeness (QED) is 0.150. The van der Waals surface area contributed by atoms with E-state index in [0.29, 0.717) is 0 Å². The van der Waals surface area contributed by atoms with Crippen molar-refractivity contribution in [3.05, 3.63) is 77.2 Å². The zero-order valence-electron chi connectivity index (χ0n) is 26.8. The van der Waals surface area contributed by atoms with Gasteiger partial charge >= 0.3 is 0 Å². The fourth-order valence-corrected chi connectivity index (χ4v) is 5.02. The Balaban J connectivity index is 0.000000296. The Kier molecular flexibility index (Phi) is 12.1. The number of nitrogens with zero attached hydrogens (tertiary/aromatic N) is 1. The largest absolute Gasteiger partial charge is 0.512 e. The van der Waals surface area contributed by atoms with Crippen molar-refractivity contribution in [2.75, 3.05) is 0 Å². The van der Waals surface area contributed by atoms with Crippen molar-refractivity contribution in [3.8, 4) is 11.3 Å². The van der Waals surface area contributed by atoms with Crippen molar-refractivity contribution >= 4 is 16.6 Å². The molecule has 0 unspecified atom stereocenters. The molecule has 1 N–H and O–H groups in total. The van der Waals surface area contributed by atoms with E-state index in [9.17, 15) is 9.90 Å². The number of ketones is 1. The number of aliphatic hydroxyl groups excluding tert-OH is 1. The standard InChI is InChI=1S/C22H22N.C15H28O2.Ir/c1-15-11-16(2)13-20(12-15)22-21-8-7-18(17-5-3-4-6-17)14-19(21)9-10-23-22;1-10(2)14(5,6)12(16)9-13(17)15(7,8)11(3)4;/h7-12,14,17H,3-6H2,1-2H3;9-11,16H,1-8H3;/q-1;;/b;12-9-;. The molecule has 1 saturated carbocycles. The van der Waals surface area contributed by atoms with Crippen molar-refractivity contribution in [1.82, 2.24) is 4.98 Å². The van der Waals surface area contributed by atoms with Gasteiger partial charge in [-0.3, -0.25) is 4.79 Å². The molecule has 1 heterocycles. The molecule has 0 spiro atoms. The third-order valence-electron chi connectivity index (χ3n) is 9.47. The summed E-state index contributed by atoms with van der Waals surface area (Å²) in [6, 6.07) is 16.9. The minimum atomic E-state index is -0.430. The zero-order chi connectivity index (χ0) is 29.8. The second kappa shape index (κ2) is 14.3. The Hall–Kier alpha value is -2.29. The summed E-state index contributed by atoms with van der Waals surface area (Å²) in [7, 11) is 0. The van der Waals surface area contributed by atoms with Gasteiger partial charge in [0, 0.05) is 43.2 Å². The Morgan fingerprint density at radius 2 is 1.56 bits per heavy atom. The van der Waals surface area contributed by atoms with E-state index in [-0.39, 0.29) is 48.9 Å². The van der Waals surface area contributed by atoms with E-state index in [2.05, 4.69) is 61.3 Å². The summed E-state index contributed by atoms with van der Waals surface area (Å²) in [5.41, 5.74) is 5.29. The molecule has 0 atom stereocenters. The van der Waals surface area contributed by atoms with Gasteiger partial charge in [0.2, 0.25) is 0 Å². The van der Waals surface area contributed by atoms with E-state index in [4.69, 9.17) is 0 Å². The molecule has 3 aromatic rings. The molecule has 225 valence electrons. The summed E-state index contributed by atoms with van der Waals surface area (Å²) in [4.78, 5) is 16.8. The Morgan fingerprint density at radius 3 is 2.12 bits per heavy atom. The van der Waals surface area contributed by atoms with Gasteiger partial charge in [0.1, 0.15) is 5.76 Å². The van der Waals surface area contributed by atoms with Gasteiger partial charge in [-0.25, -0.2) is 0 Å². The number of hydrogen-bond acceptors (Lipinski definition) is 3. The van der Waals surface area contributed by atoms with E-state index >= 15 is 0 Å². The first-order chi connectivity index (χ1) is 18.6. The number of aliphatic hydroxyl groups is 1. The molecular formula is C37H50IrNO2-. The van der Waals surface area contributed by atoms with Gasteiger partial charge in [0.05, 0.1) is 0 Å². The summed E-state index contributed by atoms with van der Waals surface area (Å²) in [6.45, 7) is 20.1. The molecule has 0 saturated heterocycles. The molecule has 41 heavy (non-hydrogen) atoms. The van der Waals surface area contributed by atoms with Crippen molar-refractivity contribution in [1.29, 1.82) is 0 Å². The predicted molar refractivity (Wildman–Crippen MR) is 170 cm³/mol. The monoisotopic (exact) mass is 733 g/mol. The van der Waals surface area contributed by atoms with E-state index in [1.54, 1.807) is 0 Å². The number of carbonyl (C=O) groups excluding carboxylic acids is 1. The van der Waals surface area contributed by atoms with E-state index in [0.717, 1.165) is 17.2 Å². The number of rotatable bonds is 7. The van der Waals surface area contributed by atoms with E-state index < -0.39 is 5.41 Å². The molecule has 1 aliphatic rings.